The van der Waals surface area contributed by atoms with Crippen molar-refractivity contribution in [2.45, 2.75) is 26.2 Å². The van der Waals surface area contributed by atoms with Crippen LogP contribution in [-0.4, -0.2) is 48.5 Å². The van der Waals surface area contributed by atoms with Crippen molar-refractivity contribution in [2.24, 2.45) is 5.92 Å². The molecule has 0 saturated carbocycles. The number of amides is 2. The number of likely N-dealkylation sites (tertiary alicyclic amines) is 1. The predicted octanol–water partition coefficient (Wildman–Crippen LogP) is 4.63. The number of piperidine rings is 1. The fourth-order valence-electron chi connectivity index (χ4n) is 3.53. The molecule has 0 radical (unpaired) electrons. The van der Waals surface area contributed by atoms with E-state index in [9.17, 15) is 9.59 Å². The van der Waals surface area contributed by atoms with Gasteiger partial charge in [0, 0.05) is 32.8 Å². The maximum Gasteiger partial charge on any atom is 0.414 e. The molecule has 0 aliphatic carbocycles. The number of carbonyl (C=O) groups excluding carboxylic acids is 2. The van der Waals surface area contributed by atoms with E-state index in [4.69, 9.17) is 4.74 Å². The number of benzene rings is 2. The number of ether oxygens (including phenoxy) is 1. The summed E-state index contributed by atoms with van der Waals surface area (Å²) >= 11 is 0. The zero-order chi connectivity index (χ0) is 21.3. The highest BCUT2D eigenvalue weighted by Gasteiger charge is 2.21. The summed E-state index contributed by atoms with van der Waals surface area (Å²) in [4.78, 5) is 27.7. The monoisotopic (exact) mass is 406 g/mol. The van der Waals surface area contributed by atoms with Gasteiger partial charge in [0.25, 0.3) is 0 Å². The van der Waals surface area contributed by atoms with Crippen molar-refractivity contribution in [2.75, 3.05) is 26.7 Å². The van der Waals surface area contributed by atoms with Crippen LogP contribution in [0, 0.1) is 5.92 Å². The van der Waals surface area contributed by atoms with Crippen LogP contribution >= 0.6 is 0 Å². The van der Waals surface area contributed by atoms with E-state index in [-0.39, 0.29) is 12.0 Å². The van der Waals surface area contributed by atoms with Crippen LogP contribution in [0.1, 0.15) is 30.9 Å². The Labute approximate surface area is 178 Å². The molecule has 5 nitrogen and oxygen atoms in total. The van der Waals surface area contributed by atoms with Gasteiger partial charge in [-0.05, 0) is 61.4 Å². The summed E-state index contributed by atoms with van der Waals surface area (Å²) in [6.07, 6.45) is 6.23. The van der Waals surface area contributed by atoms with Gasteiger partial charge in [0.1, 0.15) is 5.75 Å². The highest BCUT2D eigenvalue weighted by atomic mass is 16.6. The van der Waals surface area contributed by atoms with E-state index in [1.165, 1.54) is 10.5 Å². The van der Waals surface area contributed by atoms with Crippen LogP contribution in [0.25, 0.3) is 6.08 Å². The average molecular weight is 407 g/mol. The van der Waals surface area contributed by atoms with Crippen molar-refractivity contribution in [3.8, 4) is 5.75 Å². The molecule has 1 aliphatic heterocycles. The fourth-order valence-corrected chi connectivity index (χ4v) is 3.53. The van der Waals surface area contributed by atoms with Gasteiger partial charge in [-0.1, -0.05) is 42.5 Å². The van der Waals surface area contributed by atoms with Crippen molar-refractivity contribution < 1.29 is 14.3 Å². The second-order valence-electron chi connectivity index (χ2n) is 7.74. The Morgan fingerprint density at radius 3 is 2.37 bits per heavy atom. The maximum atomic E-state index is 12.5. The molecule has 2 amide bonds. The van der Waals surface area contributed by atoms with Crippen LogP contribution < -0.4 is 4.74 Å². The predicted molar refractivity (Wildman–Crippen MR) is 119 cm³/mol. The Kier molecular flexibility index (Phi) is 7.66. The molecule has 2 aromatic carbocycles. The Balaban J connectivity index is 1.46. The number of hydrogen-bond acceptors (Lipinski definition) is 3. The van der Waals surface area contributed by atoms with E-state index >= 15 is 0 Å². The van der Waals surface area contributed by atoms with E-state index < -0.39 is 0 Å². The third-order valence-corrected chi connectivity index (χ3v) is 5.58. The topological polar surface area (TPSA) is 49.9 Å². The second kappa shape index (κ2) is 10.6. The van der Waals surface area contributed by atoms with Crippen LogP contribution in [-0.2, 0) is 11.2 Å². The largest absolute Gasteiger partial charge is 0.414 e. The van der Waals surface area contributed by atoms with Gasteiger partial charge in [0.2, 0.25) is 5.91 Å². The van der Waals surface area contributed by atoms with Gasteiger partial charge in [-0.15, -0.1) is 0 Å². The van der Waals surface area contributed by atoms with Crippen molar-refractivity contribution >= 4 is 18.1 Å². The van der Waals surface area contributed by atoms with E-state index in [1.54, 1.807) is 25.3 Å². The van der Waals surface area contributed by atoms with Crippen molar-refractivity contribution in [3.05, 3.63) is 71.8 Å². The number of rotatable bonds is 6. The minimum Gasteiger partial charge on any atom is -0.410 e. The smallest absolute Gasteiger partial charge is 0.410 e. The van der Waals surface area contributed by atoms with Gasteiger partial charge >= 0.3 is 6.09 Å². The van der Waals surface area contributed by atoms with Gasteiger partial charge < -0.3 is 14.5 Å². The van der Waals surface area contributed by atoms with Crippen molar-refractivity contribution in [1.29, 1.82) is 0 Å². The molecule has 0 N–H and O–H groups in total. The van der Waals surface area contributed by atoms with Gasteiger partial charge in [0.15, 0.2) is 0 Å². The van der Waals surface area contributed by atoms with Crippen LogP contribution in [0.2, 0.25) is 0 Å². The lowest BCUT2D eigenvalue weighted by atomic mass is 9.90. The summed E-state index contributed by atoms with van der Waals surface area (Å²) in [7, 11) is 1.69. The summed E-state index contributed by atoms with van der Waals surface area (Å²) < 4.78 is 5.28. The average Bonchev–Trinajstić information content (AvgIpc) is 2.79. The molecule has 5 heteroatoms. The van der Waals surface area contributed by atoms with Crippen molar-refractivity contribution in [1.82, 2.24) is 9.80 Å². The molecule has 30 heavy (non-hydrogen) atoms. The summed E-state index contributed by atoms with van der Waals surface area (Å²) in [5.74, 6) is 1.18. The van der Waals surface area contributed by atoms with E-state index in [0.717, 1.165) is 37.9 Å². The lowest BCUT2D eigenvalue weighted by Crippen LogP contribution is -2.37. The van der Waals surface area contributed by atoms with Crippen molar-refractivity contribution in [3.63, 3.8) is 0 Å². The molecule has 0 spiro atoms. The summed E-state index contributed by atoms with van der Waals surface area (Å²) in [6, 6.07) is 17.7. The molecule has 1 saturated heterocycles. The lowest BCUT2D eigenvalue weighted by Gasteiger charge is -2.31. The van der Waals surface area contributed by atoms with E-state index in [1.807, 2.05) is 36.1 Å². The van der Waals surface area contributed by atoms with Crippen LogP contribution in [0.3, 0.4) is 0 Å². The fraction of sp³-hybridized carbons (Fsp3) is 0.360. The normalized spacial score (nSPS) is 14.7. The minimum atomic E-state index is -0.383. The van der Waals surface area contributed by atoms with Gasteiger partial charge in [-0.3, -0.25) is 4.79 Å². The highest BCUT2D eigenvalue weighted by molar-refractivity contribution is 5.91. The third-order valence-electron chi connectivity index (χ3n) is 5.58. The van der Waals surface area contributed by atoms with Crippen LogP contribution in [0.4, 0.5) is 4.79 Å². The SMILES string of the molecule is CCN(C)C(=O)Oc1ccc(/C=C/C(=O)N2CCC(Cc3ccccc3)CC2)cc1. The Morgan fingerprint density at radius 2 is 1.73 bits per heavy atom. The van der Waals surface area contributed by atoms with E-state index in [2.05, 4.69) is 24.3 Å². The molecule has 0 aromatic heterocycles. The third kappa shape index (κ3) is 6.21. The summed E-state index contributed by atoms with van der Waals surface area (Å²) in [5, 5.41) is 0. The Morgan fingerprint density at radius 1 is 1.07 bits per heavy atom. The standard InChI is InChI=1S/C25H30N2O3/c1-3-26(2)25(29)30-23-12-9-20(10-13-23)11-14-24(28)27-17-15-22(16-18-27)19-21-7-5-4-6-8-21/h4-14,22H,3,15-19H2,1-2H3/b14-11+. The molecule has 1 fully saturated rings. The molecule has 1 aliphatic rings. The molecular formula is C25H30N2O3. The van der Waals surface area contributed by atoms with Crippen LogP contribution in [0.5, 0.6) is 5.75 Å². The zero-order valence-corrected chi connectivity index (χ0v) is 17.8. The molecular weight excluding hydrogens is 376 g/mol. The molecule has 2 aromatic rings. The zero-order valence-electron chi connectivity index (χ0n) is 17.8. The maximum absolute atomic E-state index is 12.5. The summed E-state index contributed by atoms with van der Waals surface area (Å²) in [5.41, 5.74) is 2.27. The first-order chi connectivity index (χ1) is 14.5. The molecule has 158 valence electrons. The molecule has 0 atom stereocenters. The molecule has 1 heterocycles. The quantitative estimate of drug-likeness (QED) is 0.657. The first-order valence-electron chi connectivity index (χ1n) is 10.6. The molecule has 0 unspecified atom stereocenters. The summed E-state index contributed by atoms with van der Waals surface area (Å²) in [6.45, 7) is 4.09. The van der Waals surface area contributed by atoms with E-state index in [0.29, 0.717) is 18.2 Å². The van der Waals surface area contributed by atoms with Gasteiger partial charge in [0.05, 0.1) is 0 Å². The minimum absolute atomic E-state index is 0.0493. The number of nitrogens with zero attached hydrogens (tertiary/aromatic N) is 2. The van der Waals surface area contributed by atoms with Crippen LogP contribution in [0.15, 0.2) is 60.7 Å². The Hall–Kier alpha value is -3.08. The second-order valence-corrected chi connectivity index (χ2v) is 7.74. The van der Waals surface area contributed by atoms with Gasteiger partial charge in [-0.2, -0.15) is 0 Å². The molecule has 0 bridgehead atoms. The Bertz CT molecular complexity index is 854. The van der Waals surface area contributed by atoms with Gasteiger partial charge in [-0.25, -0.2) is 4.79 Å². The first-order valence-corrected chi connectivity index (χ1v) is 10.6. The number of carbonyl (C=O) groups is 2. The first kappa shape index (κ1) is 21.6. The lowest BCUT2D eigenvalue weighted by molar-refractivity contribution is -0.127. The molecule has 3 rings (SSSR count). The number of hydrogen-bond donors (Lipinski definition) is 0. The highest BCUT2D eigenvalue weighted by Crippen LogP contribution is 2.22.